The van der Waals surface area contributed by atoms with Gasteiger partial charge in [0.15, 0.2) is 0 Å². The van der Waals surface area contributed by atoms with Crippen LogP contribution >= 0.6 is 58.0 Å². The zero-order chi connectivity index (χ0) is 12.8. The van der Waals surface area contributed by atoms with Gasteiger partial charge in [0.25, 0.3) is 0 Å². The molecule has 17 heavy (non-hydrogen) atoms. The third kappa shape index (κ3) is 5.37. The summed E-state index contributed by atoms with van der Waals surface area (Å²) < 4.78 is 0. The molecule has 0 N–H and O–H groups in total. The molecule has 0 bridgehead atoms. The van der Waals surface area contributed by atoms with Gasteiger partial charge in [0.2, 0.25) is 0 Å². The van der Waals surface area contributed by atoms with E-state index in [9.17, 15) is 0 Å². The van der Waals surface area contributed by atoms with Crippen molar-refractivity contribution in [1.29, 1.82) is 0 Å². The molecule has 0 amide bonds. The van der Waals surface area contributed by atoms with Gasteiger partial charge >= 0.3 is 0 Å². The molecule has 0 spiro atoms. The lowest BCUT2D eigenvalue weighted by atomic mass is 10.4. The van der Waals surface area contributed by atoms with Crippen LogP contribution in [0.25, 0.3) is 0 Å². The molecule has 2 aromatic rings. The molecule has 0 nitrogen and oxygen atoms in total. The highest BCUT2D eigenvalue weighted by Gasteiger charge is 1.95. The predicted molar refractivity (Wildman–Crippen MR) is 77.9 cm³/mol. The van der Waals surface area contributed by atoms with Crippen LogP contribution in [0.4, 0.5) is 0 Å². The Morgan fingerprint density at radius 3 is 1.35 bits per heavy atom. The van der Waals surface area contributed by atoms with Crippen molar-refractivity contribution in [3.63, 3.8) is 0 Å². The largest absolute Gasteiger partial charge is 0.0843 e. The molecule has 2 rings (SSSR count). The Morgan fingerprint density at radius 1 is 0.529 bits per heavy atom. The summed E-state index contributed by atoms with van der Waals surface area (Å²) in [6.07, 6.45) is 0. The van der Waals surface area contributed by atoms with Gasteiger partial charge in [0.05, 0.1) is 20.1 Å². The molecule has 0 radical (unpaired) electrons. The average molecular weight is 328 g/mol. The smallest absolute Gasteiger partial charge is 0.0607 e. The van der Waals surface area contributed by atoms with Crippen molar-refractivity contribution in [2.75, 3.05) is 0 Å². The second-order valence-corrected chi connectivity index (χ2v) is 5.04. The minimum absolute atomic E-state index is 0.490. The van der Waals surface area contributed by atoms with Crippen molar-refractivity contribution in [1.82, 2.24) is 0 Å². The van der Waals surface area contributed by atoms with E-state index >= 15 is 0 Å². The number of rotatable bonds is 0. The Kier molecular flexibility index (Phi) is 6.47. The molecule has 0 aliphatic rings. The van der Waals surface area contributed by atoms with E-state index in [2.05, 4.69) is 0 Å². The molecular weight excluding hydrogens is 321 g/mol. The van der Waals surface area contributed by atoms with Crippen molar-refractivity contribution >= 4 is 58.0 Å². The van der Waals surface area contributed by atoms with Gasteiger partial charge in [-0.3, -0.25) is 0 Å². The predicted octanol–water partition coefficient (Wildman–Crippen LogP) is 6.64. The second-order valence-electron chi connectivity index (χ2n) is 2.97. The quantitative estimate of drug-likeness (QED) is 0.475. The Balaban J connectivity index is 0.000000171. The molecule has 0 saturated heterocycles. The summed E-state index contributed by atoms with van der Waals surface area (Å²) in [7, 11) is 0. The lowest BCUT2D eigenvalue weighted by molar-refractivity contribution is 1.70. The van der Waals surface area contributed by atoms with Gasteiger partial charge in [-0.1, -0.05) is 70.1 Å². The maximum atomic E-state index is 5.60. The average Bonchev–Trinajstić information content (AvgIpc) is 2.29. The Morgan fingerprint density at radius 2 is 1.00 bits per heavy atom. The fraction of sp³-hybridized carbons (Fsp3) is 0. The fourth-order valence-electron chi connectivity index (χ4n) is 0.910. The summed E-state index contributed by atoms with van der Waals surface area (Å²) >= 11 is 27.9. The van der Waals surface area contributed by atoms with E-state index in [0.29, 0.717) is 25.1 Å². The van der Waals surface area contributed by atoms with Crippen LogP contribution in [0.3, 0.4) is 0 Å². The lowest BCUT2D eigenvalue weighted by Crippen LogP contribution is -1.66. The third-order valence-electron chi connectivity index (χ3n) is 1.71. The van der Waals surface area contributed by atoms with E-state index in [1.54, 1.807) is 30.3 Å². The number of benzene rings is 2. The van der Waals surface area contributed by atoms with Crippen LogP contribution in [0.5, 0.6) is 0 Å². The number of halogens is 5. The first-order valence-electron chi connectivity index (χ1n) is 4.51. The minimum Gasteiger partial charge on any atom is -0.0843 e. The number of hydrogen-bond acceptors (Lipinski definition) is 0. The maximum Gasteiger partial charge on any atom is 0.0607 e. The highest BCUT2D eigenvalue weighted by atomic mass is 35.5. The van der Waals surface area contributed by atoms with Crippen molar-refractivity contribution in [3.05, 3.63) is 67.6 Å². The molecule has 0 aliphatic carbocycles. The standard InChI is InChI=1S/C6H3Cl3.C6H4Cl2/c7-4-1-2-5(8)6(9)3-4;7-5-3-1-2-4-6(5)8/h1-3H;1-4H. The van der Waals surface area contributed by atoms with Gasteiger partial charge in [-0.25, -0.2) is 0 Å². The first-order valence-corrected chi connectivity index (χ1v) is 6.40. The molecule has 5 heteroatoms. The van der Waals surface area contributed by atoms with E-state index in [1.165, 1.54) is 0 Å². The van der Waals surface area contributed by atoms with Gasteiger partial charge in [-0.2, -0.15) is 0 Å². The molecule has 90 valence electrons. The summed E-state index contributed by atoms with van der Waals surface area (Å²) in [5, 5.41) is 2.83. The third-order valence-corrected chi connectivity index (χ3v) is 3.44. The summed E-state index contributed by atoms with van der Waals surface area (Å²) in [5.41, 5.74) is 0. The summed E-state index contributed by atoms with van der Waals surface area (Å²) in [6.45, 7) is 0. The molecule has 0 aliphatic heterocycles. The topological polar surface area (TPSA) is 0 Å². The highest BCUT2D eigenvalue weighted by molar-refractivity contribution is 6.43. The Hall–Kier alpha value is -0.110. The zero-order valence-electron chi connectivity index (χ0n) is 8.43. The summed E-state index contributed by atoms with van der Waals surface area (Å²) in [5.74, 6) is 0. The molecular formula is C12H7Cl5. The molecule has 0 unspecified atom stereocenters. The second kappa shape index (κ2) is 7.35. The molecule has 0 fully saturated rings. The van der Waals surface area contributed by atoms with Gasteiger partial charge < -0.3 is 0 Å². The molecule has 2 aromatic carbocycles. The van der Waals surface area contributed by atoms with Crippen LogP contribution in [0.15, 0.2) is 42.5 Å². The van der Waals surface area contributed by atoms with Crippen LogP contribution in [-0.2, 0) is 0 Å². The van der Waals surface area contributed by atoms with E-state index in [-0.39, 0.29) is 0 Å². The van der Waals surface area contributed by atoms with Gasteiger partial charge in [-0.15, -0.1) is 0 Å². The lowest BCUT2D eigenvalue weighted by Gasteiger charge is -1.92. The fourth-order valence-corrected chi connectivity index (χ4v) is 1.71. The SMILES string of the molecule is Clc1ccc(Cl)c(Cl)c1.Clc1ccccc1Cl. The zero-order valence-corrected chi connectivity index (χ0v) is 12.2. The van der Waals surface area contributed by atoms with Crippen LogP contribution in [0.1, 0.15) is 0 Å². The Labute approximate surface area is 125 Å². The molecule has 0 heterocycles. The summed E-state index contributed by atoms with van der Waals surface area (Å²) in [4.78, 5) is 0. The maximum absolute atomic E-state index is 5.60. The Bertz CT molecular complexity index is 475. The first kappa shape index (κ1) is 14.9. The van der Waals surface area contributed by atoms with Crippen molar-refractivity contribution in [2.45, 2.75) is 0 Å². The first-order chi connectivity index (χ1) is 8.00. The van der Waals surface area contributed by atoms with Crippen molar-refractivity contribution in [2.24, 2.45) is 0 Å². The minimum atomic E-state index is 0.490. The summed E-state index contributed by atoms with van der Waals surface area (Å²) in [6, 6.07) is 12.1. The van der Waals surface area contributed by atoms with E-state index < -0.39 is 0 Å². The van der Waals surface area contributed by atoms with E-state index in [4.69, 9.17) is 58.0 Å². The normalized spacial score (nSPS) is 9.47. The molecule has 0 atom stereocenters. The van der Waals surface area contributed by atoms with E-state index in [0.717, 1.165) is 0 Å². The van der Waals surface area contributed by atoms with Crippen molar-refractivity contribution < 1.29 is 0 Å². The number of hydrogen-bond donors (Lipinski definition) is 0. The van der Waals surface area contributed by atoms with Gasteiger partial charge in [0, 0.05) is 5.02 Å². The highest BCUT2D eigenvalue weighted by Crippen LogP contribution is 2.24. The van der Waals surface area contributed by atoms with Crippen molar-refractivity contribution in [3.8, 4) is 0 Å². The molecule has 0 saturated carbocycles. The van der Waals surface area contributed by atoms with E-state index in [1.807, 2.05) is 12.1 Å². The monoisotopic (exact) mass is 326 g/mol. The van der Waals surface area contributed by atoms with Gasteiger partial charge in [0.1, 0.15) is 0 Å². The van der Waals surface area contributed by atoms with Gasteiger partial charge in [-0.05, 0) is 30.3 Å². The van der Waals surface area contributed by atoms with Crippen LogP contribution in [0, 0.1) is 0 Å². The molecule has 0 aromatic heterocycles. The van der Waals surface area contributed by atoms with Crippen LogP contribution in [0.2, 0.25) is 25.1 Å². The van der Waals surface area contributed by atoms with Crippen LogP contribution in [-0.4, -0.2) is 0 Å². The van der Waals surface area contributed by atoms with Crippen LogP contribution < -0.4 is 0 Å².